The first-order valence-electron chi connectivity index (χ1n) is 14.5. The lowest BCUT2D eigenvalue weighted by atomic mass is 9.60. The van der Waals surface area contributed by atoms with Gasteiger partial charge in [-0.25, -0.2) is 9.78 Å². The molecule has 3 fully saturated rings. The van der Waals surface area contributed by atoms with Gasteiger partial charge in [0.25, 0.3) is 5.56 Å². The SMILES string of the molecule is O=C(N1CCC(O)(Cn2cnc(-c3ccccc3)cc2=O)C2(CCCCC2)C1)N1CCOC[C@H]1c1ccccc1. The van der Waals surface area contributed by atoms with Crippen molar-refractivity contribution in [3.8, 4) is 11.3 Å². The number of urea groups is 1. The van der Waals surface area contributed by atoms with E-state index in [1.807, 2.05) is 70.5 Å². The molecule has 2 aromatic carbocycles. The van der Waals surface area contributed by atoms with Crippen molar-refractivity contribution in [1.82, 2.24) is 19.4 Å². The van der Waals surface area contributed by atoms with Crippen molar-refractivity contribution < 1.29 is 14.6 Å². The number of morpholine rings is 1. The van der Waals surface area contributed by atoms with E-state index in [0.717, 1.165) is 43.2 Å². The third kappa shape index (κ3) is 5.06. The Morgan fingerprint density at radius 3 is 2.42 bits per heavy atom. The van der Waals surface area contributed by atoms with Gasteiger partial charge in [-0.1, -0.05) is 79.9 Å². The molecule has 0 radical (unpaired) electrons. The highest BCUT2D eigenvalue weighted by Gasteiger charge is 2.55. The normalized spacial score (nSPS) is 24.7. The molecule has 6 rings (SSSR count). The maximum Gasteiger partial charge on any atom is 0.320 e. The number of hydrogen-bond acceptors (Lipinski definition) is 5. The molecule has 0 bridgehead atoms. The molecule has 1 aliphatic carbocycles. The van der Waals surface area contributed by atoms with Crippen LogP contribution in [0.1, 0.15) is 50.1 Å². The number of ether oxygens (including phenoxy) is 1. The molecule has 1 aromatic heterocycles. The Hall–Kier alpha value is -3.49. The van der Waals surface area contributed by atoms with Crippen LogP contribution in [0, 0.1) is 5.41 Å². The van der Waals surface area contributed by atoms with E-state index in [1.165, 1.54) is 0 Å². The van der Waals surface area contributed by atoms with Crippen LogP contribution in [0.3, 0.4) is 0 Å². The van der Waals surface area contributed by atoms with Crippen molar-refractivity contribution in [3.05, 3.63) is 89.0 Å². The summed E-state index contributed by atoms with van der Waals surface area (Å²) in [5.74, 6) is 0. The number of carbonyl (C=O) groups is 1. The van der Waals surface area contributed by atoms with Gasteiger partial charge < -0.3 is 19.6 Å². The molecule has 3 heterocycles. The predicted octanol–water partition coefficient (Wildman–Crippen LogP) is 4.49. The fourth-order valence-corrected chi connectivity index (χ4v) is 7.00. The van der Waals surface area contributed by atoms with Crippen LogP contribution in [0.4, 0.5) is 4.79 Å². The Bertz CT molecular complexity index is 1370. The fourth-order valence-electron chi connectivity index (χ4n) is 7.00. The maximum atomic E-state index is 14.0. The minimum absolute atomic E-state index is 0.00944. The lowest BCUT2D eigenvalue weighted by Gasteiger charge is -2.56. The van der Waals surface area contributed by atoms with Gasteiger partial charge in [-0.15, -0.1) is 0 Å². The van der Waals surface area contributed by atoms with E-state index in [-0.39, 0.29) is 24.2 Å². The average molecular weight is 543 g/mol. The molecule has 1 N–H and O–H groups in total. The molecule has 1 saturated carbocycles. The number of benzene rings is 2. The van der Waals surface area contributed by atoms with Gasteiger partial charge >= 0.3 is 6.03 Å². The first-order chi connectivity index (χ1) is 19.5. The van der Waals surface area contributed by atoms with E-state index in [0.29, 0.717) is 45.0 Å². The molecule has 8 heteroatoms. The third-order valence-electron chi connectivity index (χ3n) is 9.30. The molecule has 2 saturated heterocycles. The van der Waals surface area contributed by atoms with Gasteiger partial charge in [0.2, 0.25) is 0 Å². The Labute approximate surface area is 235 Å². The van der Waals surface area contributed by atoms with Crippen LogP contribution in [0.15, 0.2) is 77.9 Å². The zero-order valence-electron chi connectivity index (χ0n) is 23.0. The van der Waals surface area contributed by atoms with Gasteiger partial charge in [-0.05, 0) is 24.8 Å². The van der Waals surface area contributed by atoms with Crippen molar-refractivity contribution in [2.45, 2.75) is 56.7 Å². The van der Waals surface area contributed by atoms with E-state index in [2.05, 4.69) is 4.98 Å². The second-order valence-electron chi connectivity index (χ2n) is 11.6. The van der Waals surface area contributed by atoms with E-state index in [4.69, 9.17) is 4.74 Å². The topological polar surface area (TPSA) is 87.9 Å². The van der Waals surface area contributed by atoms with Crippen molar-refractivity contribution in [2.75, 3.05) is 32.8 Å². The summed E-state index contributed by atoms with van der Waals surface area (Å²) in [7, 11) is 0. The summed E-state index contributed by atoms with van der Waals surface area (Å²) in [6.07, 6.45) is 6.80. The van der Waals surface area contributed by atoms with Crippen LogP contribution in [0.2, 0.25) is 0 Å². The minimum atomic E-state index is -1.10. The number of aromatic nitrogens is 2. The minimum Gasteiger partial charge on any atom is -0.387 e. The third-order valence-corrected chi connectivity index (χ3v) is 9.30. The van der Waals surface area contributed by atoms with Crippen LogP contribution in [-0.2, 0) is 11.3 Å². The molecular weight excluding hydrogens is 504 g/mol. The quantitative estimate of drug-likeness (QED) is 0.525. The second kappa shape index (κ2) is 11.2. The maximum absolute atomic E-state index is 14.0. The molecule has 1 unspecified atom stereocenters. The highest BCUT2D eigenvalue weighted by atomic mass is 16.5. The lowest BCUT2D eigenvalue weighted by Crippen LogP contribution is -2.65. The Balaban J connectivity index is 1.24. The van der Waals surface area contributed by atoms with Gasteiger partial charge in [0.1, 0.15) is 0 Å². The van der Waals surface area contributed by atoms with Crippen LogP contribution >= 0.6 is 0 Å². The van der Waals surface area contributed by atoms with Gasteiger partial charge in [-0.2, -0.15) is 0 Å². The summed E-state index contributed by atoms with van der Waals surface area (Å²) in [5, 5.41) is 12.3. The largest absolute Gasteiger partial charge is 0.387 e. The first-order valence-corrected chi connectivity index (χ1v) is 14.5. The number of rotatable bonds is 4. The molecular formula is C32H38N4O4. The molecule has 1 spiro atoms. The number of likely N-dealkylation sites (tertiary alicyclic amines) is 1. The monoisotopic (exact) mass is 542 g/mol. The standard InChI is InChI=1S/C32H38N4O4/c37-29-20-27(25-10-4-1-5-11-25)33-24-35(29)23-32(39)16-17-34(22-31(32)14-8-3-9-15-31)30(38)36-18-19-40-21-28(36)26-12-6-2-7-13-26/h1-2,4-7,10-13,20,24,28,39H,3,8-9,14-19,21-23H2/t28-,32?/m0/s1. The average Bonchev–Trinajstić information content (AvgIpc) is 3.01. The zero-order valence-corrected chi connectivity index (χ0v) is 23.0. The number of amides is 2. The summed E-state index contributed by atoms with van der Waals surface area (Å²) in [5.41, 5.74) is 0.838. The Kier molecular flexibility index (Phi) is 7.47. The Morgan fingerprint density at radius 2 is 1.70 bits per heavy atom. The molecule has 2 atom stereocenters. The Morgan fingerprint density at radius 1 is 0.975 bits per heavy atom. The van der Waals surface area contributed by atoms with E-state index >= 15 is 0 Å². The van der Waals surface area contributed by atoms with Crippen LogP contribution in [0.25, 0.3) is 11.3 Å². The smallest absolute Gasteiger partial charge is 0.320 e. The number of piperidine rings is 1. The highest BCUT2D eigenvalue weighted by Crippen LogP contribution is 2.50. The van der Waals surface area contributed by atoms with Crippen LogP contribution in [-0.4, -0.2) is 68.9 Å². The van der Waals surface area contributed by atoms with Crippen molar-refractivity contribution in [1.29, 1.82) is 0 Å². The van der Waals surface area contributed by atoms with Crippen molar-refractivity contribution in [2.24, 2.45) is 5.41 Å². The predicted molar refractivity (Wildman–Crippen MR) is 153 cm³/mol. The van der Waals surface area contributed by atoms with E-state index in [1.54, 1.807) is 17.0 Å². The van der Waals surface area contributed by atoms with Gasteiger partial charge in [0.05, 0.1) is 43.4 Å². The number of hydrogen-bond donors (Lipinski definition) is 1. The van der Waals surface area contributed by atoms with Crippen LogP contribution < -0.4 is 5.56 Å². The number of aliphatic hydroxyl groups is 1. The summed E-state index contributed by atoms with van der Waals surface area (Å²) < 4.78 is 7.32. The summed E-state index contributed by atoms with van der Waals surface area (Å²) >= 11 is 0. The van der Waals surface area contributed by atoms with Crippen LogP contribution in [0.5, 0.6) is 0 Å². The lowest BCUT2D eigenvalue weighted by molar-refractivity contribution is -0.154. The van der Waals surface area contributed by atoms with Gasteiger partial charge in [0.15, 0.2) is 0 Å². The van der Waals surface area contributed by atoms with E-state index in [9.17, 15) is 14.7 Å². The van der Waals surface area contributed by atoms with E-state index < -0.39 is 11.0 Å². The molecule has 2 amide bonds. The molecule has 40 heavy (non-hydrogen) atoms. The number of carbonyl (C=O) groups excluding carboxylic acids is 1. The van der Waals surface area contributed by atoms with Crippen molar-refractivity contribution in [3.63, 3.8) is 0 Å². The molecule has 210 valence electrons. The zero-order chi connectivity index (χ0) is 27.6. The molecule has 2 aliphatic heterocycles. The summed E-state index contributed by atoms with van der Waals surface area (Å²) in [6.45, 7) is 2.66. The highest BCUT2D eigenvalue weighted by molar-refractivity contribution is 5.75. The summed E-state index contributed by atoms with van der Waals surface area (Å²) in [4.78, 5) is 35.6. The van der Waals surface area contributed by atoms with Gasteiger partial charge in [-0.3, -0.25) is 9.36 Å². The molecule has 3 aliphatic rings. The molecule has 8 nitrogen and oxygen atoms in total. The first kappa shape index (κ1) is 26.7. The van der Waals surface area contributed by atoms with Gasteiger partial charge in [0, 0.05) is 36.7 Å². The second-order valence-corrected chi connectivity index (χ2v) is 11.6. The molecule has 3 aromatic rings. The fraction of sp³-hybridized carbons (Fsp3) is 0.469. The van der Waals surface area contributed by atoms with Crippen molar-refractivity contribution >= 4 is 6.03 Å². The number of nitrogens with zero attached hydrogens (tertiary/aromatic N) is 4. The summed E-state index contributed by atoms with van der Waals surface area (Å²) in [6, 6.07) is 21.1.